The maximum absolute atomic E-state index is 13.1. The minimum Gasteiger partial charge on any atom is -0.496 e. The number of benzene rings is 2. The van der Waals surface area contributed by atoms with Crippen LogP contribution in [-0.2, 0) is 0 Å². The van der Waals surface area contributed by atoms with Crippen LogP contribution in [0.4, 0.5) is 10.2 Å². The van der Waals surface area contributed by atoms with Gasteiger partial charge in [0.25, 0.3) is 5.91 Å². The molecular formula is C21H20ClFN4O2. The molecule has 0 radical (unpaired) electrons. The van der Waals surface area contributed by atoms with E-state index in [9.17, 15) is 9.18 Å². The Morgan fingerprint density at radius 2 is 2.07 bits per heavy atom. The highest BCUT2D eigenvalue weighted by atomic mass is 35.5. The Balaban J connectivity index is 1.41. The van der Waals surface area contributed by atoms with Crippen LogP contribution in [0.15, 0.2) is 48.5 Å². The Labute approximate surface area is 172 Å². The van der Waals surface area contributed by atoms with E-state index in [0.717, 1.165) is 30.0 Å². The van der Waals surface area contributed by atoms with Crippen LogP contribution in [-0.4, -0.2) is 42.3 Å². The van der Waals surface area contributed by atoms with E-state index >= 15 is 0 Å². The monoisotopic (exact) mass is 414 g/mol. The minimum absolute atomic E-state index is 0.00569. The van der Waals surface area contributed by atoms with Crippen LogP contribution in [0.5, 0.6) is 5.75 Å². The van der Waals surface area contributed by atoms with Crippen molar-refractivity contribution in [2.24, 2.45) is 0 Å². The molecule has 1 aliphatic rings. The molecule has 0 spiro atoms. The first-order chi connectivity index (χ1) is 14.0. The van der Waals surface area contributed by atoms with E-state index in [1.54, 1.807) is 30.3 Å². The molecule has 6 nitrogen and oxygen atoms in total. The summed E-state index contributed by atoms with van der Waals surface area (Å²) in [6, 6.07) is 13.1. The Hall–Kier alpha value is -3.06. The fraction of sp³-hybridized carbons (Fsp3) is 0.238. The third kappa shape index (κ3) is 4.19. The van der Waals surface area contributed by atoms with Crippen molar-refractivity contribution in [3.05, 3.63) is 64.9 Å². The average molecular weight is 415 g/mol. The number of carbonyl (C=O) groups is 1. The number of nitrogens with zero attached hydrogens (tertiary/aromatic N) is 2. The van der Waals surface area contributed by atoms with Gasteiger partial charge < -0.3 is 15.0 Å². The number of rotatable bonds is 5. The summed E-state index contributed by atoms with van der Waals surface area (Å²) >= 11 is 5.96. The molecule has 8 heteroatoms. The summed E-state index contributed by atoms with van der Waals surface area (Å²) in [6.07, 6.45) is 0.806. The molecule has 1 unspecified atom stereocenters. The summed E-state index contributed by atoms with van der Waals surface area (Å²) in [6.45, 7) is 1.42. The fourth-order valence-electron chi connectivity index (χ4n) is 3.45. The number of carbonyl (C=O) groups excluding carboxylic acids is 1. The number of hydrogen-bond acceptors (Lipinski definition) is 4. The molecule has 4 rings (SSSR count). The van der Waals surface area contributed by atoms with Gasteiger partial charge in [-0.05, 0) is 54.4 Å². The van der Waals surface area contributed by atoms with Crippen molar-refractivity contribution in [3.8, 4) is 17.0 Å². The molecule has 3 aromatic rings. The number of aromatic amines is 1. The highest BCUT2D eigenvalue weighted by molar-refractivity contribution is 6.30. The van der Waals surface area contributed by atoms with Crippen LogP contribution in [0.2, 0.25) is 5.02 Å². The summed E-state index contributed by atoms with van der Waals surface area (Å²) in [7, 11) is 1.51. The molecule has 2 heterocycles. The highest BCUT2D eigenvalue weighted by Crippen LogP contribution is 2.26. The number of nitrogens with one attached hydrogen (secondary N) is 2. The van der Waals surface area contributed by atoms with Crippen LogP contribution in [0.1, 0.15) is 16.8 Å². The number of hydrogen-bond donors (Lipinski definition) is 2. The smallest absolute Gasteiger partial charge is 0.255 e. The third-order valence-electron chi connectivity index (χ3n) is 4.98. The van der Waals surface area contributed by atoms with Gasteiger partial charge in [-0.2, -0.15) is 5.10 Å². The Kier molecular flexibility index (Phi) is 5.40. The van der Waals surface area contributed by atoms with Gasteiger partial charge in [0.15, 0.2) is 5.82 Å². The molecule has 2 N–H and O–H groups in total. The molecular weight excluding hydrogens is 395 g/mol. The van der Waals surface area contributed by atoms with Crippen molar-refractivity contribution in [3.63, 3.8) is 0 Å². The van der Waals surface area contributed by atoms with E-state index in [-0.39, 0.29) is 17.8 Å². The second kappa shape index (κ2) is 8.13. The second-order valence-corrected chi connectivity index (χ2v) is 7.33. The Morgan fingerprint density at radius 3 is 2.83 bits per heavy atom. The molecule has 150 valence electrons. The van der Waals surface area contributed by atoms with Gasteiger partial charge in [-0.1, -0.05) is 11.6 Å². The van der Waals surface area contributed by atoms with E-state index in [1.165, 1.54) is 19.2 Å². The van der Waals surface area contributed by atoms with E-state index < -0.39 is 0 Å². The predicted octanol–water partition coefficient (Wildman–Crippen LogP) is 3.89. The molecule has 1 fully saturated rings. The van der Waals surface area contributed by atoms with Crippen molar-refractivity contribution in [1.29, 1.82) is 0 Å². The van der Waals surface area contributed by atoms with Crippen LogP contribution < -0.4 is 15.0 Å². The first-order valence-electron chi connectivity index (χ1n) is 9.24. The Bertz CT molecular complexity index is 1020. The minimum atomic E-state index is -0.274. The number of H-pyrrole nitrogens is 1. The maximum Gasteiger partial charge on any atom is 0.255 e. The summed E-state index contributed by atoms with van der Waals surface area (Å²) in [5.74, 6) is 0.773. The normalized spacial score (nSPS) is 16.1. The quantitative estimate of drug-likeness (QED) is 0.664. The van der Waals surface area contributed by atoms with Crippen molar-refractivity contribution in [2.45, 2.75) is 12.5 Å². The topological polar surface area (TPSA) is 70.2 Å². The summed E-state index contributed by atoms with van der Waals surface area (Å²) in [5, 5.41) is 10.9. The van der Waals surface area contributed by atoms with Crippen LogP contribution in [0, 0.1) is 5.82 Å². The standard InChI is InChI=1S/C21H20ClFN4O2/c1-29-19-10-14(22)4-7-17(19)21(28)24-16-8-9-27(12-16)20-11-18(25-26-20)13-2-5-15(23)6-3-13/h2-7,10-11,16H,8-9,12H2,1H3,(H,24,28)(H,25,26). The maximum atomic E-state index is 13.1. The van der Waals surface area contributed by atoms with E-state index in [1.807, 2.05) is 6.07 Å². The lowest BCUT2D eigenvalue weighted by molar-refractivity contribution is 0.0937. The lowest BCUT2D eigenvalue weighted by Gasteiger charge is -2.17. The van der Waals surface area contributed by atoms with E-state index in [4.69, 9.17) is 16.3 Å². The number of halogens is 2. The molecule has 0 bridgehead atoms. The van der Waals surface area contributed by atoms with Crippen LogP contribution in [0.25, 0.3) is 11.3 Å². The first-order valence-corrected chi connectivity index (χ1v) is 9.62. The molecule has 29 heavy (non-hydrogen) atoms. The van der Waals surface area contributed by atoms with E-state index in [0.29, 0.717) is 22.9 Å². The predicted molar refractivity (Wildman–Crippen MR) is 110 cm³/mol. The van der Waals surface area contributed by atoms with Gasteiger partial charge in [-0.3, -0.25) is 9.89 Å². The summed E-state index contributed by atoms with van der Waals surface area (Å²) in [4.78, 5) is 14.8. The van der Waals surface area contributed by atoms with Gasteiger partial charge in [0.1, 0.15) is 11.6 Å². The van der Waals surface area contributed by atoms with Gasteiger partial charge in [0, 0.05) is 30.2 Å². The van der Waals surface area contributed by atoms with Crippen molar-refractivity contribution in [2.75, 3.05) is 25.1 Å². The summed E-state index contributed by atoms with van der Waals surface area (Å²) in [5.41, 5.74) is 2.14. The number of anilines is 1. The molecule has 2 aromatic carbocycles. The van der Waals surface area contributed by atoms with Crippen molar-refractivity contribution in [1.82, 2.24) is 15.5 Å². The number of aromatic nitrogens is 2. The fourth-order valence-corrected chi connectivity index (χ4v) is 3.61. The zero-order valence-corrected chi connectivity index (χ0v) is 16.5. The van der Waals surface area contributed by atoms with Gasteiger partial charge in [-0.25, -0.2) is 4.39 Å². The van der Waals surface area contributed by atoms with Crippen LogP contribution >= 0.6 is 11.6 Å². The molecule has 1 saturated heterocycles. The zero-order chi connectivity index (χ0) is 20.4. The number of amides is 1. The zero-order valence-electron chi connectivity index (χ0n) is 15.8. The molecule has 1 aromatic heterocycles. The number of methoxy groups -OCH3 is 1. The third-order valence-corrected chi connectivity index (χ3v) is 5.21. The SMILES string of the molecule is COc1cc(Cl)ccc1C(=O)NC1CCN(c2cc(-c3ccc(F)cc3)[nH]n2)C1. The lowest BCUT2D eigenvalue weighted by atomic mass is 10.1. The van der Waals surface area contributed by atoms with Gasteiger partial charge in [0.2, 0.25) is 0 Å². The van der Waals surface area contributed by atoms with Gasteiger partial charge in [0.05, 0.1) is 18.4 Å². The molecule has 1 atom stereocenters. The second-order valence-electron chi connectivity index (χ2n) is 6.90. The van der Waals surface area contributed by atoms with Gasteiger partial charge >= 0.3 is 0 Å². The van der Waals surface area contributed by atoms with Crippen molar-refractivity contribution < 1.29 is 13.9 Å². The Morgan fingerprint density at radius 1 is 1.28 bits per heavy atom. The van der Waals surface area contributed by atoms with E-state index in [2.05, 4.69) is 20.4 Å². The molecule has 1 amide bonds. The lowest BCUT2D eigenvalue weighted by Crippen LogP contribution is -2.37. The van der Waals surface area contributed by atoms with Crippen LogP contribution in [0.3, 0.4) is 0 Å². The highest BCUT2D eigenvalue weighted by Gasteiger charge is 2.27. The molecule has 1 aliphatic heterocycles. The van der Waals surface area contributed by atoms with Crippen molar-refractivity contribution >= 4 is 23.3 Å². The van der Waals surface area contributed by atoms with Gasteiger partial charge in [-0.15, -0.1) is 0 Å². The summed E-state index contributed by atoms with van der Waals surface area (Å²) < 4.78 is 18.4. The largest absolute Gasteiger partial charge is 0.496 e. The average Bonchev–Trinajstić information content (AvgIpc) is 3.38. The molecule has 0 saturated carbocycles. The number of ether oxygens (including phenoxy) is 1. The first kappa shape index (κ1) is 19.3. The molecule has 0 aliphatic carbocycles.